The van der Waals surface area contributed by atoms with Crippen LogP contribution in [-0.4, -0.2) is 16.5 Å². The highest BCUT2D eigenvalue weighted by atomic mass is 35.5. The molecule has 2 rings (SSSR count). The minimum Gasteiger partial charge on any atom is -0.370 e. The molecule has 0 fully saturated rings. The highest BCUT2D eigenvalue weighted by molar-refractivity contribution is 6.30. The number of halogens is 1. The monoisotopic (exact) mass is 303 g/mol. The number of benzene rings is 1. The molecule has 1 N–H and O–H groups in total. The number of rotatable bonds is 6. The molecule has 0 saturated heterocycles. The summed E-state index contributed by atoms with van der Waals surface area (Å²) < 4.78 is 0. The van der Waals surface area contributed by atoms with Crippen LogP contribution in [-0.2, 0) is 12.8 Å². The highest BCUT2D eigenvalue weighted by Crippen LogP contribution is 2.16. The van der Waals surface area contributed by atoms with Gasteiger partial charge >= 0.3 is 0 Å². The van der Waals surface area contributed by atoms with Crippen LogP contribution in [0, 0.1) is 5.92 Å². The predicted octanol–water partition coefficient (Wildman–Crippen LogP) is 4.35. The van der Waals surface area contributed by atoms with E-state index in [0.717, 1.165) is 40.9 Å². The lowest BCUT2D eigenvalue weighted by Crippen LogP contribution is -2.08. The van der Waals surface area contributed by atoms with Crippen molar-refractivity contribution in [2.45, 2.75) is 33.6 Å². The van der Waals surface area contributed by atoms with Gasteiger partial charge in [-0.25, -0.2) is 9.97 Å². The molecule has 0 aliphatic carbocycles. The summed E-state index contributed by atoms with van der Waals surface area (Å²) in [4.78, 5) is 9.28. The van der Waals surface area contributed by atoms with Crippen molar-refractivity contribution in [3.8, 4) is 0 Å². The molecule has 0 amide bonds. The summed E-state index contributed by atoms with van der Waals surface area (Å²) in [5.41, 5.74) is 2.22. The molecule has 2 aromatic rings. The molecule has 0 unspecified atom stereocenters. The molecule has 0 spiro atoms. The Morgan fingerprint density at radius 1 is 1.19 bits per heavy atom. The average molecular weight is 304 g/mol. The van der Waals surface area contributed by atoms with E-state index in [1.54, 1.807) is 0 Å². The zero-order valence-electron chi connectivity index (χ0n) is 12.9. The number of aromatic nitrogens is 2. The topological polar surface area (TPSA) is 37.8 Å². The van der Waals surface area contributed by atoms with Crippen LogP contribution in [0.15, 0.2) is 30.3 Å². The Hall–Kier alpha value is -1.61. The van der Waals surface area contributed by atoms with E-state index in [0.29, 0.717) is 12.3 Å². The van der Waals surface area contributed by atoms with Crippen LogP contribution in [0.2, 0.25) is 5.02 Å². The summed E-state index contributed by atoms with van der Waals surface area (Å²) in [6.07, 6.45) is 1.66. The van der Waals surface area contributed by atoms with Crippen molar-refractivity contribution in [2.75, 3.05) is 11.9 Å². The van der Waals surface area contributed by atoms with Crippen LogP contribution in [0.1, 0.15) is 37.9 Å². The van der Waals surface area contributed by atoms with Crippen molar-refractivity contribution < 1.29 is 0 Å². The third kappa shape index (κ3) is 5.01. The van der Waals surface area contributed by atoms with Gasteiger partial charge in [0.25, 0.3) is 0 Å². The smallest absolute Gasteiger partial charge is 0.135 e. The normalized spacial score (nSPS) is 10.9. The SMILES string of the molecule is CCNc1cc(CC(C)C)nc(Cc2cccc(Cl)c2)n1. The molecule has 0 bridgehead atoms. The largest absolute Gasteiger partial charge is 0.370 e. The fourth-order valence-electron chi connectivity index (χ4n) is 2.26. The Labute approximate surface area is 131 Å². The van der Waals surface area contributed by atoms with Gasteiger partial charge in [-0.15, -0.1) is 0 Å². The third-order valence-corrected chi connectivity index (χ3v) is 3.29. The van der Waals surface area contributed by atoms with E-state index in [1.807, 2.05) is 24.3 Å². The van der Waals surface area contributed by atoms with Crippen LogP contribution in [0.25, 0.3) is 0 Å². The van der Waals surface area contributed by atoms with Crippen molar-refractivity contribution in [2.24, 2.45) is 5.92 Å². The second kappa shape index (κ2) is 7.41. The molecule has 1 aromatic carbocycles. The quantitative estimate of drug-likeness (QED) is 0.862. The molecule has 1 heterocycles. The first-order chi connectivity index (χ1) is 10.1. The van der Waals surface area contributed by atoms with Gasteiger partial charge in [-0.1, -0.05) is 37.6 Å². The maximum absolute atomic E-state index is 6.04. The van der Waals surface area contributed by atoms with E-state index in [1.165, 1.54) is 0 Å². The summed E-state index contributed by atoms with van der Waals surface area (Å²) in [6, 6.07) is 9.90. The zero-order chi connectivity index (χ0) is 15.2. The molecular formula is C17H22ClN3. The van der Waals surface area contributed by atoms with Crippen molar-refractivity contribution in [3.05, 3.63) is 52.4 Å². The van der Waals surface area contributed by atoms with Crippen LogP contribution in [0.4, 0.5) is 5.82 Å². The predicted molar refractivity (Wildman–Crippen MR) is 89.0 cm³/mol. The van der Waals surface area contributed by atoms with Gasteiger partial charge in [0, 0.05) is 29.7 Å². The number of hydrogen-bond donors (Lipinski definition) is 1. The molecule has 112 valence electrons. The van der Waals surface area contributed by atoms with E-state index in [9.17, 15) is 0 Å². The Kier molecular flexibility index (Phi) is 5.57. The minimum absolute atomic E-state index is 0.577. The summed E-state index contributed by atoms with van der Waals surface area (Å²) >= 11 is 6.04. The van der Waals surface area contributed by atoms with Crippen molar-refractivity contribution in [3.63, 3.8) is 0 Å². The molecule has 0 atom stereocenters. The van der Waals surface area contributed by atoms with Crippen LogP contribution in [0.3, 0.4) is 0 Å². The molecule has 0 aliphatic rings. The number of nitrogens with zero attached hydrogens (tertiary/aromatic N) is 2. The van der Waals surface area contributed by atoms with Gasteiger partial charge in [0.15, 0.2) is 0 Å². The first-order valence-electron chi connectivity index (χ1n) is 7.42. The van der Waals surface area contributed by atoms with E-state index < -0.39 is 0 Å². The van der Waals surface area contributed by atoms with Crippen molar-refractivity contribution >= 4 is 17.4 Å². The van der Waals surface area contributed by atoms with Gasteiger partial charge in [0.05, 0.1) is 0 Å². The molecule has 3 nitrogen and oxygen atoms in total. The fraction of sp³-hybridized carbons (Fsp3) is 0.412. The molecule has 0 saturated carbocycles. The van der Waals surface area contributed by atoms with E-state index in [-0.39, 0.29) is 0 Å². The second-order valence-electron chi connectivity index (χ2n) is 5.60. The van der Waals surface area contributed by atoms with E-state index in [4.69, 9.17) is 11.6 Å². The number of hydrogen-bond acceptors (Lipinski definition) is 3. The third-order valence-electron chi connectivity index (χ3n) is 3.05. The van der Waals surface area contributed by atoms with Gasteiger partial charge in [-0.05, 0) is 37.0 Å². The molecule has 1 aromatic heterocycles. The van der Waals surface area contributed by atoms with Crippen LogP contribution in [0.5, 0.6) is 0 Å². The summed E-state index contributed by atoms with van der Waals surface area (Å²) in [5, 5.41) is 4.03. The molecular weight excluding hydrogens is 282 g/mol. The van der Waals surface area contributed by atoms with Gasteiger partial charge in [-0.3, -0.25) is 0 Å². The lowest BCUT2D eigenvalue weighted by Gasteiger charge is -2.10. The molecule has 21 heavy (non-hydrogen) atoms. The van der Waals surface area contributed by atoms with Crippen molar-refractivity contribution in [1.29, 1.82) is 0 Å². The first kappa shape index (κ1) is 15.8. The maximum atomic E-state index is 6.04. The Balaban J connectivity index is 2.26. The summed E-state index contributed by atoms with van der Waals surface area (Å²) in [5.74, 6) is 2.32. The van der Waals surface area contributed by atoms with Crippen molar-refractivity contribution in [1.82, 2.24) is 9.97 Å². The molecule has 0 radical (unpaired) electrons. The lowest BCUT2D eigenvalue weighted by atomic mass is 10.1. The van der Waals surface area contributed by atoms with Gasteiger partial charge < -0.3 is 5.32 Å². The molecule has 4 heteroatoms. The van der Waals surface area contributed by atoms with Gasteiger partial charge in [-0.2, -0.15) is 0 Å². The van der Waals surface area contributed by atoms with Gasteiger partial charge in [0.2, 0.25) is 0 Å². The van der Waals surface area contributed by atoms with E-state index >= 15 is 0 Å². The molecule has 0 aliphatic heterocycles. The zero-order valence-corrected chi connectivity index (χ0v) is 13.6. The standard InChI is InChI=1S/C17H22ClN3/c1-4-19-16-11-15(8-12(2)3)20-17(21-16)10-13-6-5-7-14(18)9-13/h5-7,9,11-12H,4,8,10H2,1-3H3,(H,19,20,21). The van der Waals surface area contributed by atoms with Gasteiger partial charge in [0.1, 0.15) is 11.6 Å². The fourth-order valence-corrected chi connectivity index (χ4v) is 2.47. The number of nitrogens with one attached hydrogen (secondary N) is 1. The summed E-state index contributed by atoms with van der Waals surface area (Å²) in [6.45, 7) is 7.33. The summed E-state index contributed by atoms with van der Waals surface area (Å²) in [7, 11) is 0. The van der Waals surface area contributed by atoms with Crippen LogP contribution < -0.4 is 5.32 Å². The second-order valence-corrected chi connectivity index (χ2v) is 6.03. The first-order valence-corrected chi connectivity index (χ1v) is 7.79. The Morgan fingerprint density at radius 3 is 2.67 bits per heavy atom. The highest BCUT2D eigenvalue weighted by Gasteiger charge is 2.07. The van der Waals surface area contributed by atoms with E-state index in [2.05, 4.69) is 42.1 Å². The Bertz CT molecular complexity index is 596. The van der Waals surface area contributed by atoms with Crippen LogP contribution >= 0.6 is 11.6 Å². The maximum Gasteiger partial charge on any atom is 0.135 e. The average Bonchev–Trinajstić information content (AvgIpc) is 2.37. The lowest BCUT2D eigenvalue weighted by molar-refractivity contribution is 0.631. The number of anilines is 1. The Morgan fingerprint density at radius 2 is 2.00 bits per heavy atom. The minimum atomic E-state index is 0.577.